The van der Waals surface area contributed by atoms with Gasteiger partial charge in [-0.25, -0.2) is 0 Å². The molecule has 0 fully saturated rings. The summed E-state index contributed by atoms with van der Waals surface area (Å²) >= 11 is 6.07. The standard InChI is InChI=1S/C20H22ClN3O/c1-3-24(4-2)13-14-11-16(25)6-8-18(14)23-19-9-10-22-20-12-15(21)5-7-17(19)20/h5-12,25H,3-4,13H2,1-2H3,(H,22,23). The summed E-state index contributed by atoms with van der Waals surface area (Å²) in [5, 5.41) is 15.1. The molecule has 0 radical (unpaired) electrons. The van der Waals surface area contributed by atoms with Crippen molar-refractivity contribution in [3.63, 3.8) is 0 Å². The van der Waals surface area contributed by atoms with E-state index in [1.165, 1.54) is 0 Å². The Hall–Kier alpha value is -2.30. The molecule has 4 nitrogen and oxygen atoms in total. The third-order valence-electron chi connectivity index (χ3n) is 4.35. The Morgan fingerprint density at radius 1 is 1.04 bits per heavy atom. The second-order valence-electron chi connectivity index (χ2n) is 5.95. The quantitative estimate of drug-likeness (QED) is 0.598. The first-order chi connectivity index (χ1) is 12.1. The number of fused-ring (bicyclic) bond motifs is 1. The van der Waals surface area contributed by atoms with Crippen molar-refractivity contribution in [3.8, 4) is 5.75 Å². The van der Waals surface area contributed by atoms with Crippen LogP contribution in [0.5, 0.6) is 5.75 Å². The van der Waals surface area contributed by atoms with Crippen LogP contribution in [0.2, 0.25) is 5.02 Å². The molecule has 130 valence electrons. The molecule has 0 saturated heterocycles. The summed E-state index contributed by atoms with van der Waals surface area (Å²) in [5.74, 6) is 0.277. The van der Waals surface area contributed by atoms with Crippen molar-refractivity contribution in [3.05, 3.63) is 59.2 Å². The molecule has 0 aliphatic rings. The van der Waals surface area contributed by atoms with Crippen LogP contribution in [-0.4, -0.2) is 28.1 Å². The summed E-state index contributed by atoms with van der Waals surface area (Å²) in [6.45, 7) is 6.97. The Morgan fingerprint density at radius 3 is 2.60 bits per heavy atom. The van der Waals surface area contributed by atoms with Crippen molar-refractivity contribution in [2.75, 3.05) is 18.4 Å². The molecular weight excluding hydrogens is 334 g/mol. The smallest absolute Gasteiger partial charge is 0.116 e. The van der Waals surface area contributed by atoms with E-state index in [1.54, 1.807) is 12.3 Å². The number of benzene rings is 2. The molecule has 3 rings (SSSR count). The molecule has 0 saturated carbocycles. The summed E-state index contributed by atoms with van der Waals surface area (Å²) in [6, 6.07) is 13.1. The molecule has 1 aromatic heterocycles. The van der Waals surface area contributed by atoms with Gasteiger partial charge in [0, 0.05) is 34.5 Å². The molecule has 0 aliphatic carbocycles. The normalized spacial score (nSPS) is 11.2. The molecule has 0 unspecified atom stereocenters. The molecule has 25 heavy (non-hydrogen) atoms. The number of phenols is 1. The lowest BCUT2D eigenvalue weighted by atomic mass is 10.1. The van der Waals surface area contributed by atoms with Crippen molar-refractivity contribution >= 4 is 33.9 Å². The summed E-state index contributed by atoms with van der Waals surface area (Å²) in [5.41, 5.74) is 3.85. The molecule has 0 atom stereocenters. The fraction of sp³-hybridized carbons (Fsp3) is 0.250. The zero-order valence-corrected chi connectivity index (χ0v) is 15.2. The molecule has 1 heterocycles. The van der Waals surface area contributed by atoms with Crippen LogP contribution in [0.4, 0.5) is 11.4 Å². The summed E-state index contributed by atoms with van der Waals surface area (Å²) < 4.78 is 0. The van der Waals surface area contributed by atoms with E-state index in [0.29, 0.717) is 5.02 Å². The topological polar surface area (TPSA) is 48.4 Å². The predicted molar refractivity (Wildman–Crippen MR) is 105 cm³/mol. The Balaban J connectivity index is 1.98. The molecular formula is C20H22ClN3O. The van der Waals surface area contributed by atoms with Crippen molar-refractivity contribution in [1.82, 2.24) is 9.88 Å². The zero-order chi connectivity index (χ0) is 17.8. The van der Waals surface area contributed by atoms with Gasteiger partial charge in [-0.15, -0.1) is 0 Å². The largest absolute Gasteiger partial charge is 0.508 e. The monoisotopic (exact) mass is 355 g/mol. The number of anilines is 2. The van der Waals surface area contributed by atoms with Crippen molar-refractivity contribution in [2.45, 2.75) is 20.4 Å². The van der Waals surface area contributed by atoms with Gasteiger partial charge >= 0.3 is 0 Å². The van der Waals surface area contributed by atoms with E-state index in [0.717, 1.165) is 47.5 Å². The number of phenolic OH excluding ortho intramolecular Hbond substituents is 1. The van der Waals surface area contributed by atoms with Gasteiger partial charge < -0.3 is 10.4 Å². The van der Waals surface area contributed by atoms with Gasteiger partial charge in [0.15, 0.2) is 0 Å². The van der Waals surface area contributed by atoms with E-state index >= 15 is 0 Å². The van der Waals surface area contributed by atoms with Crippen LogP contribution < -0.4 is 5.32 Å². The number of pyridine rings is 1. The molecule has 2 N–H and O–H groups in total. The van der Waals surface area contributed by atoms with Gasteiger partial charge in [0.05, 0.1) is 5.52 Å². The fourth-order valence-corrected chi connectivity index (χ4v) is 3.06. The first-order valence-corrected chi connectivity index (χ1v) is 8.84. The Bertz CT molecular complexity index is 878. The average molecular weight is 356 g/mol. The predicted octanol–water partition coefficient (Wildman–Crippen LogP) is 5.18. The van der Waals surface area contributed by atoms with Gasteiger partial charge in [-0.1, -0.05) is 25.4 Å². The van der Waals surface area contributed by atoms with Gasteiger partial charge in [-0.05, 0) is 61.1 Å². The average Bonchev–Trinajstić information content (AvgIpc) is 2.61. The minimum absolute atomic E-state index is 0.277. The third-order valence-corrected chi connectivity index (χ3v) is 4.59. The van der Waals surface area contributed by atoms with E-state index in [2.05, 4.69) is 29.0 Å². The van der Waals surface area contributed by atoms with Crippen LogP contribution in [0.25, 0.3) is 10.9 Å². The fourth-order valence-electron chi connectivity index (χ4n) is 2.90. The van der Waals surface area contributed by atoms with E-state index in [4.69, 9.17) is 11.6 Å². The summed E-state index contributed by atoms with van der Waals surface area (Å²) in [7, 11) is 0. The lowest BCUT2D eigenvalue weighted by molar-refractivity contribution is 0.296. The van der Waals surface area contributed by atoms with Crippen molar-refractivity contribution in [2.24, 2.45) is 0 Å². The Labute approximate surface area is 153 Å². The molecule has 0 spiro atoms. The lowest BCUT2D eigenvalue weighted by Gasteiger charge is -2.21. The first kappa shape index (κ1) is 17.5. The second-order valence-corrected chi connectivity index (χ2v) is 6.38. The minimum Gasteiger partial charge on any atom is -0.508 e. The van der Waals surface area contributed by atoms with Gasteiger partial charge in [0.2, 0.25) is 0 Å². The highest BCUT2D eigenvalue weighted by atomic mass is 35.5. The molecule has 0 amide bonds. The number of hydrogen-bond acceptors (Lipinski definition) is 4. The maximum atomic E-state index is 9.89. The highest BCUT2D eigenvalue weighted by molar-refractivity contribution is 6.31. The number of halogens is 1. The number of rotatable bonds is 6. The molecule has 2 aromatic carbocycles. The molecule has 0 aliphatic heterocycles. The van der Waals surface area contributed by atoms with Gasteiger partial charge in [-0.3, -0.25) is 9.88 Å². The SMILES string of the molecule is CCN(CC)Cc1cc(O)ccc1Nc1ccnc2cc(Cl)ccc12. The first-order valence-electron chi connectivity index (χ1n) is 8.46. The lowest BCUT2D eigenvalue weighted by Crippen LogP contribution is -2.22. The van der Waals surface area contributed by atoms with E-state index in [9.17, 15) is 5.11 Å². The van der Waals surface area contributed by atoms with Crippen LogP contribution in [0.3, 0.4) is 0 Å². The van der Waals surface area contributed by atoms with Crippen LogP contribution >= 0.6 is 11.6 Å². The van der Waals surface area contributed by atoms with Gasteiger partial charge in [-0.2, -0.15) is 0 Å². The third kappa shape index (κ3) is 4.03. The van der Waals surface area contributed by atoms with Crippen molar-refractivity contribution < 1.29 is 5.11 Å². The Kier molecular flexibility index (Phi) is 5.41. The van der Waals surface area contributed by atoms with Gasteiger partial charge in [0.25, 0.3) is 0 Å². The number of aromatic nitrogens is 1. The van der Waals surface area contributed by atoms with Gasteiger partial charge in [0.1, 0.15) is 5.75 Å². The van der Waals surface area contributed by atoms with E-state index in [1.807, 2.05) is 36.4 Å². The van der Waals surface area contributed by atoms with Crippen LogP contribution in [0.1, 0.15) is 19.4 Å². The van der Waals surface area contributed by atoms with Crippen LogP contribution in [0.15, 0.2) is 48.7 Å². The number of aromatic hydroxyl groups is 1. The van der Waals surface area contributed by atoms with Crippen LogP contribution in [0, 0.1) is 0 Å². The Morgan fingerprint density at radius 2 is 1.84 bits per heavy atom. The second kappa shape index (κ2) is 7.72. The number of nitrogens with zero attached hydrogens (tertiary/aromatic N) is 2. The zero-order valence-electron chi connectivity index (χ0n) is 14.5. The van der Waals surface area contributed by atoms with Crippen molar-refractivity contribution in [1.29, 1.82) is 0 Å². The van der Waals surface area contributed by atoms with E-state index in [-0.39, 0.29) is 5.75 Å². The molecule has 5 heteroatoms. The maximum absolute atomic E-state index is 9.89. The molecule has 3 aromatic rings. The van der Waals surface area contributed by atoms with Crippen LogP contribution in [-0.2, 0) is 6.54 Å². The number of hydrogen-bond donors (Lipinski definition) is 2. The minimum atomic E-state index is 0.277. The summed E-state index contributed by atoms with van der Waals surface area (Å²) in [6.07, 6.45) is 1.77. The highest BCUT2D eigenvalue weighted by Gasteiger charge is 2.10. The highest BCUT2D eigenvalue weighted by Crippen LogP contribution is 2.30. The summed E-state index contributed by atoms with van der Waals surface area (Å²) in [4.78, 5) is 6.69. The van der Waals surface area contributed by atoms with E-state index < -0.39 is 0 Å². The maximum Gasteiger partial charge on any atom is 0.116 e. The molecule has 0 bridgehead atoms. The number of nitrogens with one attached hydrogen (secondary N) is 1.